The lowest BCUT2D eigenvalue weighted by Crippen LogP contribution is -2.87. The van der Waals surface area contributed by atoms with Crippen molar-refractivity contribution < 1.29 is 24.4 Å². The van der Waals surface area contributed by atoms with Crippen LogP contribution < -0.4 is 5.32 Å². The molecule has 0 spiro atoms. The zero-order valence-electron chi connectivity index (χ0n) is 18.3. The lowest BCUT2D eigenvalue weighted by Gasteiger charge is -2.60. The molecule has 168 valence electrons. The molecule has 5 nitrogen and oxygen atoms in total. The van der Waals surface area contributed by atoms with Gasteiger partial charge in [-0.25, -0.2) is 0 Å². The van der Waals surface area contributed by atoms with Crippen molar-refractivity contribution in [3.05, 3.63) is 35.9 Å². The van der Waals surface area contributed by atoms with Gasteiger partial charge in [-0.3, -0.25) is 9.59 Å². The highest BCUT2D eigenvalue weighted by molar-refractivity contribution is 14.1. The van der Waals surface area contributed by atoms with Crippen LogP contribution in [0, 0.1) is 17.3 Å². The summed E-state index contributed by atoms with van der Waals surface area (Å²) < 4.78 is 12.5. The number of quaternary nitrogens is 1. The molecular formula is C25H33INO4+. The van der Waals surface area contributed by atoms with Crippen molar-refractivity contribution in [2.24, 2.45) is 17.3 Å². The van der Waals surface area contributed by atoms with Gasteiger partial charge in [-0.15, -0.1) is 0 Å². The van der Waals surface area contributed by atoms with Gasteiger partial charge in [-0.1, -0.05) is 52.9 Å². The van der Waals surface area contributed by atoms with E-state index in [1.165, 1.54) is 0 Å². The van der Waals surface area contributed by atoms with Crippen LogP contribution in [0.25, 0.3) is 0 Å². The van der Waals surface area contributed by atoms with E-state index >= 15 is 0 Å². The van der Waals surface area contributed by atoms with Crippen LogP contribution in [0.4, 0.5) is 0 Å². The summed E-state index contributed by atoms with van der Waals surface area (Å²) in [5.41, 5.74) is -0.389. The fourth-order valence-corrected chi connectivity index (χ4v) is 7.38. The lowest BCUT2D eigenvalue weighted by molar-refractivity contribution is -0.668. The van der Waals surface area contributed by atoms with Crippen molar-refractivity contribution in [3.63, 3.8) is 0 Å². The molecule has 6 heteroatoms. The zero-order chi connectivity index (χ0) is 21.7. The molecule has 1 aromatic carbocycles. The molecule has 1 heterocycles. The van der Waals surface area contributed by atoms with Crippen molar-refractivity contribution in [2.45, 2.75) is 73.4 Å². The predicted octanol–water partition coefficient (Wildman–Crippen LogP) is 3.49. The van der Waals surface area contributed by atoms with Gasteiger partial charge >= 0.3 is 11.9 Å². The highest BCUT2D eigenvalue weighted by Crippen LogP contribution is 2.63. The molecule has 4 saturated carbocycles. The van der Waals surface area contributed by atoms with E-state index in [4.69, 9.17) is 9.47 Å². The van der Waals surface area contributed by atoms with Crippen LogP contribution in [0.3, 0.4) is 0 Å². The predicted molar refractivity (Wildman–Crippen MR) is 125 cm³/mol. The Morgan fingerprint density at radius 3 is 2.29 bits per heavy atom. The number of halogens is 1. The van der Waals surface area contributed by atoms with E-state index in [0.29, 0.717) is 18.3 Å². The second kappa shape index (κ2) is 8.01. The summed E-state index contributed by atoms with van der Waals surface area (Å²) in [5, 5.41) is 2.30. The largest absolute Gasteiger partial charge is 0.458 e. The van der Waals surface area contributed by atoms with Crippen molar-refractivity contribution in [1.82, 2.24) is 0 Å². The Bertz CT molecular complexity index is 834. The topological polar surface area (TPSA) is 69.2 Å². The SMILES string of the molecule is CC(I)C(=O)OC12CC3CC(C1)CC(C(=O)OC1(c4ccccc4)CC[NH2+]CC1)(C3)C2. The first-order chi connectivity index (χ1) is 14.8. The fraction of sp³-hybridized carbons (Fsp3) is 0.680. The van der Waals surface area contributed by atoms with Crippen molar-refractivity contribution in [1.29, 1.82) is 0 Å². The van der Waals surface area contributed by atoms with E-state index in [-0.39, 0.29) is 15.9 Å². The van der Waals surface area contributed by atoms with E-state index < -0.39 is 16.6 Å². The number of carbonyl (C=O) groups is 2. The standard InChI is InChI=1S/C25H32INO4/c1-17(26)21(28)30-24-14-18-11-19(15-24)13-23(12-18,16-24)22(29)31-25(7-9-27-10-8-25)20-5-3-2-4-6-20/h2-6,17-19,27H,7-16H2,1H3/p+1. The summed E-state index contributed by atoms with van der Waals surface area (Å²) in [5.74, 6) is 0.724. The molecule has 0 amide bonds. The van der Waals surface area contributed by atoms with Gasteiger partial charge in [-0.05, 0) is 56.4 Å². The molecule has 3 atom stereocenters. The summed E-state index contributed by atoms with van der Waals surface area (Å²) in [6.07, 6.45) is 7.08. The molecule has 1 saturated heterocycles. The molecule has 0 radical (unpaired) electrons. The Morgan fingerprint density at radius 1 is 1.03 bits per heavy atom. The number of benzene rings is 1. The van der Waals surface area contributed by atoms with E-state index in [1.54, 1.807) is 0 Å². The van der Waals surface area contributed by atoms with Gasteiger partial charge in [0.25, 0.3) is 0 Å². The van der Waals surface area contributed by atoms with Crippen LogP contribution in [-0.2, 0) is 24.7 Å². The van der Waals surface area contributed by atoms with E-state index in [0.717, 1.165) is 63.6 Å². The Kier molecular flexibility index (Phi) is 5.60. The molecule has 6 rings (SSSR count). The highest BCUT2D eigenvalue weighted by atomic mass is 127. The number of hydrogen-bond acceptors (Lipinski definition) is 4. The molecular weight excluding hydrogens is 505 g/mol. The summed E-state index contributed by atoms with van der Waals surface area (Å²) in [6, 6.07) is 10.3. The number of hydrogen-bond donors (Lipinski definition) is 1. The smallest absolute Gasteiger partial charge is 0.319 e. The van der Waals surface area contributed by atoms with Gasteiger partial charge in [0.2, 0.25) is 0 Å². The molecule has 4 bridgehead atoms. The van der Waals surface area contributed by atoms with Crippen molar-refractivity contribution in [3.8, 4) is 0 Å². The van der Waals surface area contributed by atoms with Gasteiger partial charge in [-0.2, -0.15) is 0 Å². The molecule has 5 fully saturated rings. The number of rotatable bonds is 5. The van der Waals surface area contributed by atoms with Gasteiger partial charge < -0.3 is 14.8 Å². The van der Waals surface area contributed by atoms with Crippen LogP contribution in [-0.4, -0.2) is 34.6 Å². The summed E-state index contributed by atoms with van der Waals surface area (Å²) in [4.78, 5) is 26.4. The van der Waals surface area contributed by atoms with Gasteiger partial charge in [0.05, 0.1) is 18.5 Å². The van der Waals surface area contributed by atoms with Crippen molar-refractivity contribution in [2.75, 3.05) is 13.1 Å². The van der Waals surface area contributed by atoms with E-state index in [2.05, 4.69) is 40.0 Å². The van der Waals surface area contributed by atoms with Crippen LogP contribution in [0.2, 0.25) is 0 Å². The Labute approximate surface area is 198 Å². The number of piperidine rings is 1. The molecule has 5 aliphatic rings. The van der Waals surface area contributed by atoms with Gasteiger partial charge in [0, 0.05) is 19.3 Å². The van der Waals surface area contributed by atoms with Gasteiger partial charge in [0.1, 0.15) is 15.1 Å². The first kappa shape index (κ1) is 21.7. The maximum absolute atomic E-state index is 13.9. The molecule has 3 unspecified atom stereocenters. The molecule has 31 heavy (non-hydrogen) atoms. The molecule has 0 aromatic heterocycles. The van der Waals surface area contributed by atoms with Gasteiger partial charge in [0.15, 0.2) is 0 Å². The first-order valence-electron chi connectivity index (χ1n) is 11.8. The normalized spacial score (nSPS) is 36.6. The van der Waals surface area contributed by atoms with E-state index in [9.17, 15) is 9.59 Å². The summed E-state index contributed by atoms with van der Waals surface area (Å²) in [6.45, 7) is 3.81. The number of nitrogens with two attached hydrogens (primary N) is 1. The van der Waals surface area contributed by atoms with Crippen LogP contribution in [0.1, 0.15) is 63.9 Å². The third-order valence-corrected chi connectivity index (χ3v) is 8.68. The second-order valence-corrected chi connectivity index (χ2v) is 12.4. The monoisotopic (exact) mass is 538 g/mol. The average molecular weight is 538 g/mol. The quantitative estimate of drug-likeness (QED) is 0.354. The summed E-state index contributed by atoms with van der Waals surface area (Å²) >= 11 is 2.12. The molecule has 4 aliphatic carbocycles. The molecule has 1 aromatic rings. The fourth-order valence-electron chi connectivity index (χ4n) is 7.25. The average Bonchev–Trinajstić information content (AvgIpc) is 2.73. The van der Waals surface area contributed by atoms with Crippen LogP contribution in [0.15, 0.2) is 30.3 Å². The van der Waals surface area contributed by atoms with E-state index in [1.807, 2.05) is 25.1 Å². The third kappa shape index (κ3) is 3.92. The molecule has 2 N–H and O–H groups in total. The summed E-state index contributed by atoms with van der Waals surface area (Å²) in [7, 11) is 0. The van der Waals surface area contributed by atoms with Crippen LogP contribution >= 0.6 is 22.6 Å². The number of alkyl halides is 1. The number of ether oxygens (including phenoxy) is 2. The Hall–Kier alpha value is -1.15. The maximum atomic E-state index is 13.9. The minimum absolute atomic E-state index is 0.0460. The molecule has 1 aliphatic heterocycles. The minimum Gasteiger partial charge on any atom is -0.458 e. The van der Waals surface area contributed by atoms with Crippen LogP contribution in [0.5, 0.6) is 0 Å². The van der Waals surface area contributed by atoms with Crippen molar-refractivity contribution >= 4 is 34.5 Å². The second-order valence-electron chi connectivity index (χ2n) is 10.6. The third-order valence-electron chi connectivity index (χ3n) is 8.17. The first-order valence-corrected chi connectivity index (χ1v) is 13.1. The maximum Gasteiger partial charge on any atom is 0.319 e. The highest BCUT2D eigenvalue weighted by Gasteiger charge is 2.64. The zero-order valence-corrected chi connectivity index (χ0v) is 20.4. The Balaban J connectivity index is 1.42. The lowest BCUT2D eigenvalue weighted by atomic mass is 9.48. The Morgan fingerprint density at radius 2 is 1.68 bits per heavy atom. The minimum atomic E-state index is -0.531. The number of esters is 2. The number of carbonyl (C=O) groups excluding carboxylic acids is 2.